The van der Waals surface area contributed by atoms with Gasteiger partial charge in [-0.1, -0.05) is 11.2 Å². The molecule has 3 aromatic rings. The highest BCUT2D eigenvalue weighted by Gasteiger charge is 2.21. The number of hydrogen-bond acceptors (Lipinski definition) is 4. The smallest absolute Gasteiger partial charge is 0.240 e. The van der Waals surface area contributed by atoms with Gasteiger partial charge in [-0.3, -0.25) is 0 Å². The predicted molar refractivity (Wildman–Crippen MR) is 83.4 cm³/mol. The van der Waals surface area contributed by atoms with E-state index in [9.17, 15) is 21.6 Å². The Hall–Kier alpha value is -2.65. The first-order valence-electron chi connectivity index (χ1n) is 6.93. The highest BCUT2D eigenvalue weighted by Crippen LogP contribution is 2.35. The van der Waals surface area contributed by atoms with Crippen LogP contribution in [0, 0.1) is 24.4 Å². The Kier molecular flexibility index (Phi) is 4.13. The van der Waals surface area contributed by atoms with Crippen molar-refractivity contribution in [3.8, 4) is 22.4 Å². The minimum atomic E-state index is -4.21. The molecular weight excluding hydrogens is 357 g/mol. The van der Waals surface area contributed by atoms with Gasteiger partial charge in [0, 0.05) is 5.56 Å². The average Bonchev–Trinajstić information content (AvgIpc) is 2.90. The number of halogens is 3. The second kappa shape index (κ2) is 6.01. The lowest BCUT2D eigenvalue weighted by Gasteiger charge is -2.06. The molecule has 25 heavy (non-hydrogen) atoms. The van der Waals surface area contributed by atoms with Crippen molar-refractivity contribution in [2.45, 2.75) is 11.8 Å². The molecule has 0 aliphatic heterocycles. The third-order valence-electron chi connectivity index (χ3n) is 3.58. The van der Waals surface area contributed by atoms with Crippen LogP contribution in [0.25, 0.3) is 22.4 Å². The molecule has 0 aliphatic rings. The molecule has 0 atom stereocenters. The van der Waals surface area contributed by atoms with E-state index in [1.54, 1.807) is 6.92 Å². The molecule has 0 amide bonds. The quantitative estimate of drug-likeness (QED) is 0.768. The van der Waals surface area contributed by atoms with Crippen LogP contribution in [-0.4, -0.2) is 13.6 Å². The first kappa shape index (κ1) is 17.2. The van der Waals surface area contributed by atoms with Crippen molar-refractivity contribution in [1.82, 2.24) is 5.16 Å². The highest BCUT2D eigenvalue weighted by molar-refractivity contribution is 7.89. The largest absolute Gasteiger partial charge is 0.360 e. The summed E-state index contributed by atoms with van der Waals surface area (Å²) in [5, 5.41) is 8.74. The first-order valence-corrected chi connectivity index (χ1v) is 8.47. The third-order valence-corrected chi connectivity index (χ3v) is 4.53. The lowest BCUT2D eigenvalue weighted by Crippen LogP contribution is -2.13. The molecule has 5 nitrogen and oxygen atoms in total. The van der Waals surface area contributed by atoms with Crippen molar-refractivity contribution in [3.05, 3.63) is 59.6 Å². The van der Waals surface area contributed by atoms with E-state index >= 15 is 0 Å². The molecule has 0 saturated heterocycles. The van der Waals surface area contributed by atoms with Crippen molar-refractivity contribution < 1.29 is 26.1 Å². The van der Waals surface area contributed by atoms with E-state index in [0.717, 1.165) is 24.3 Å². The van der Waals surface area contributed by atoms with E-state index in [4.69, 9.17) is 9.66 Å². The van der Waals surface area contributed by atoms with Crippen LogP contribution in [-0.2, 0) is 10.0 Å². The van der Waals surface area contributed by atoms with Crippen LogP contribution < -0.4 is 5.14 Å². The van der Waals surface area contributed by atoms with Crippen molar-refractivity contribution in [2.24, 2.45) is 5.14 Å². The van der Waals surface area contributed by atoms with Crippen LogP contribution in [0.5, 0.6) is 0 Å². The highest BCUT2D eigenvalue weighted by atomic mass is 32.2. The van der Waals surface area contributed by atoms with Gasteiger partial charge in [-0.15, -0.1) is 0 Å². The van der Waals surface area contributed by atoms with E-state index in [-0.39, 0.29) is 16.8 Å². The van der Waals surface area contributed by atoms with Gasteiger partial charge < -0.3 is 4.52 Å². The number of sulfonamides is 1. The number of hydrogen-bond donors (Lipinski definition) is 1. The summed E-state index contributed by atoms with van der Waals surface area (Å²) >= 11 is 0. The second-order valence-electron chi connectivity index (χ2n) is 5.28. The van der Waals surface area contributed by atoms with Gasteiger partial charge in [-0.05, 0) is 42.8 Å². The summed E-state index contributed by atoms with van der Waals surface area (Å²) in [7, 11) is -4.21. The Bertz CT molecular complexity index is 1080. The fourth-order valence-electron chi connectivity index (χ4n) is 2.44. The van der Waals surface area contributed by atoms with Gasteiger partial charge in [0.1, 0.15) is 22.2 Å². The molecule has 0 bridgehead atoms. The van der Waals surface area contributed by atoms with E-state index in [0.29, 0.717) is 11.3 Å². The zero-order valence-corrected chi connectivity index (χ0v) is 13.6. The van der Waals surface area contributed by atoms with Crippen molar-refractivity contribution in [3.63, 3.8) is 0 Å². The lowest BCUT2D eigenvalue weighted by molar-refractivity contribution is 0.400. The summed E-state index contributed by atoms with van der Waals surface area (Å²) in [5.41, 5.74) is 0.968. The van der Waals surface area contributed by atoms with Gasteiger partial charge in [-0.2, -0.15) is 0 Å². The maximum absolute atomic E-state index is 14.1. The van der Waals surface area contributed by atoms with E-state index in [1.165, 1.54) is 12.1 Å². The van der Waals surface area contributed by atoms with Crippen LogP contribution in [0.3, 0.4) is 0 Å². The molecule has 0 saturated carbocycles. The number of aryl methyl sites for hydroxylation is 1. The van der Waals surface area contributed by atoms with Gasteiger partial charge >= 0.3 is 0 Å². The summed E-state index contributed by atoms with van der Waals surface area (Å²) in [6.45, 7) is 1.55. The first-order chi connectivity index (χ1) is 11.7. The molecule has 2 aromatic carbocycles. The predicted octanol–water partition coefficient (Wildman–Crippen LogP) is 3.38. The van der Waals surface area contributed by atoms with E-state index < -0.39 is 32.4 Å². The summed E-state index contributed by atoms with van der Waals surface area (Å²) < 4.78 is 68.4. The maximum Gasteiger partial charge on any atom is 0.240 e. The summed E-state index contributed by atoms with van der Waals surface area (Å²) in [5.74, 6) is -2.84. The van der Waals surface area contributed by atoms with Crippen molar-refractivity contribution >= 4 is 10.0 Å². The summed E-state index contributed by atoms with van der Waals surface area (Å²) in [4.78, 5) is -0.653. The molecule has 1 heterocycles. The molecule has 2 N–H and O–H groups in total. The number of primary sulfonamides is 1. The van der Waals surface area contributed by atoms with Crippen LogP contribution in [0.4, 0.5) is 13.2 Å². The van der Waals surface area contributed by atoms with Crippen LogP contribution in [0.2, 0.25) is 0 Å². The molecule has 0 radical (unpaired) electrons. The minimum absolute atomic E-state index is 0.166. The van der Waals surface area contributed by atoms with E-state index in [1.807, 2.05) is 0 Å². The molecule has 0 spiro atoms. The number of aromatic nitrogens is 1. The topological polar surface area (TPSA) is 86.2 Å². The Morgan fingerprint density at radius 2 is 1.60 bits per heavy atom. The lowest BCUT2D eigenvalue weighted by atomic mass is 9.99. The zero-order chi connectivity index (χ0) is 18.4. The maximum atomic E-state index is 14.1. The molecule has 0 aliphatic carbocycles. The Morgan fingerprint density at radius 1 is 0.960 bits per heavy atom. The monoisotopic (exact) mass is 368 g/mol. The molecule has 0 unspecified atom stereocenters. The fourth-order valence-corrected chi connectivity index (χ4v) is 3.03. The molecule has 1 aromatic heterocycles. The van der Waals surface area contributed by atoms with Gasteiger partial charge in [0.05, 0.1) is 5.56 Å². The third kappa shape index (κ3) is 3.15. The van der Waals surface area contributed by atoms with Crippen molar-refractivity contribution in [1.29, 1.82) is 0 Å². The fraction of sp³-hybridized carbons (Fsp3) is 0.0625. The minimum Gasteiger partial charge on any atom is -0.360 e. The Morgan fingerprint density at radius 3 is 2.20 bits per heavy atom. The van der Waals surface area contributed by atoms with Crippen molar-refractivity contribution in [2.75, 3.05) is 0 Å². The standard InChI is InChI=1S/C16H11F3N2O3S/c1-8-15(9-3-5-14(13(19)6-9)25(20,22)23)16(21-24-8)10-2-4-11(17)12(18)7-10/h2-7H,1H3,(H2,20,22,23). The molecule has 130 valence electrons. The zero-order valence-electron chi connectivity index (χ0n) is 12.8. The van der Waals surface area contributed by atoms with E-state index in [2.05, 4.69) is 5.16 Å². The van der Waals surface area contributed by atoms with Gasteiger partial charge in [0.25, 0.3) is 0 Å². The summed E-state index contributed by atoms with van der Waals surface area (Å²) in [6.07, 6.45) is 0. The molecule has 3 rings (SSSR count). The second-order valence-corrected chi connectivity index (χ2v) is 6.81. The number of nitrogens with two attached hydrogens (primary N) is 1. The van der Waals surface area contributed by atoms with Crippen LogP contribution >= 0.6 is 0 Å². The summed E-state index contributed by atoms with van der Waals surface area (Å²) in [6, 6.07) is 6.47. The Labute approximate surface area is 140 Å². The SMILES string of the molecule is Cc1onc(-c2ccc(F)c(F)c2)c1-c1ccc(S(N)(=O)=O)c(F)c1. The van der Waals surface area contributed by atoms with Gasteiger partial charge in [0.2, 0.25) is 10.0 Å². The van der Waals surface area contributed by atoms with Crippen LogP contribution in [0.15, 0.2) is 45.8 Å². The molecular formula is C16H11F3N2O3S. The van der Waals surface area contributed by atoms with Gasteiger partial charge in [0.15, 0.2) is 11.6 Å². The number of rotatable bonds is 3. The normalized spacial score (nSPS) is 11.7. The Balaban J connectivity index is 2.17. The molecule has 9 heteroatoms. The number of nitrogens with zero attached hydrogens (tertiary/aromatic N) is 1. The van der Waals surface area contributed by atoms with Gasteiger partial charge in [-0.25, -0.2) is 26.7 Å². The average molecular weight is 368 g/mol. The van der Waals surface area contributed by atoms with Crippen LogP contribution in [0.1, 0.15) is 5.76 Å². The molecule has 0 fully saturated rings. The number of benzene rings is 2.